The molecule has 1 fully saturated rings. The highest BCUT2D eigenvalue weighted by Crippen LogP contribution is 2.42. The van der Waals surface area contributed by atoms with Gasteiger partial charge in [-0.05, 0) is 43.9 Å². The molecule has 4 nitrogen and oxygen atoms in total. The molecule has 1 aliphatic heterocycles. The second kappa shape index (κ2) is 5.87. The third kappa shape index (κ3) is 2.48. The van der Waals surface area contributed by atoms with Crippen LogP contribution in [-0.2, 0) is 0 Å². The summed E-state index contributed by atoms with van der Waals surface area (Å²) >= 11 is 0. The van der Waals surface area contributed by atoms with Crippen molar-refractivity contribution in [1.82, 2.24) is 0 Å². The second-order valence-electron chi connectivity index (χ2n) is 6.34. The Kier molecular flexibility index (Phi) is 3.71. The van der Waals surface area contributed by atoms with E-state index in [4.69, 9.17) is 4.74 Å². The van der Waals surface area contributed by atoms with Gasteiger partial charge in [-0.25, -0.2) is 0 Å². The van der Waals surface area contributed by atoms with Gasteiger partial charge in [-0.2, -0.15) is 0 Å². The lowest BCUT2D eigenvalue weighted by molar-refractivity contribution is -0.0211. The van der Waals surface area contributed by atoms with Crippen molar-refractivity contribution in [1.29, 1.82) is 0 Å². The lowest BCUT2D eigenvalue weighted by Gasteiger charge is -2.42. The van der Waals surface area contributed by atoms with Crippen LogP contribution in [0.3, 0.4) is 0 Å². The van der Waals surface area contributed by atoms with E-state index in [0.717, 1.165) is 42.0 Å². The number of rotatable bonds is 1. The van der Waals surface area contributed by atoms with Gasteiger partial charge in [0.2, 0.25) is 0 Å². The molecule has 0 amide bonds. The van der Waals surface area contributed by atoms with E-state index in [0.29, 0.717) is 6.42 Å². The number of anilines is 1. The number of ether oxygens (including phenoxy) is 1. The monoisotopic (exact) mass is 311 g/mol. The van der Waals surface area contributed by atoms with Gasteiger partial charge < -0.3 is 19.8 Å². The molecule has 4 rings (SSSR count). The van der Waals surface area contributed by atoms with Gasteiger partial charge in [0, 0.05) is 11.3 Å². The van der Waals surface area contributed by atoms with Crippen LogP contribution in [0.25, 0.3) is 0 Å². The molecule has 0 bridgehead atoms. The molecule has 0 aromatic heterocycles. The average Bonchev–Trinajstić information content (AvgIpc) is 2.75. The number of hydrogen-bond donors (Lipinski definition) is 2. The van der Waals surface area contributed by atoms with Crippen LogP contribution in [0.15, 0.2) is 60.0 Å². The average molecular weight is 311 g/mol. The maximum atomic E-state index is 10.6. The van der Waals surface area contributed by atoms with Crippen LogP contribution in [0.1, 0.15) is 25.7 Å². The minimum Gasteiger partial charge on any atom is -0.462 e. The van der Waals surface area contributed by atoms with Crippen molar-refractivity contribution in [3.63, 3.8) is 0 Å². The van der Waals surface area contributed by atoms with Crippen LogP contribution in [-0.4, -0.2) is 28.5 Å². The summed E-state index contributed by atoms with van der Waals surface area (Å²) in [7, 11) is 0. The van der Waals surface area contributed by atoms with E-state index >= 15 is 0 Å². The molecule has 4 heteroatoms. The number of allylic oxidation sites excluding steroid dienone is 4. The van der Waals surface area contributed by atoms with Gasteiger partial charge in [0.05, 0.1) is 24.1 Å². The molecule has 1 aromatic carbocycles. The number of nitrogens with zero attached hydrogens (tertiary/aromatic N) is 1. The standard InChI is InChI=1S/C19H21NO3/c21-17-10-5-9-16(19(17)22)20-14-7-2-1-6-13(14)12-23-18-11-4-3-8-15(18)20/h1-4,7-8,11-12,16-17,19,21-22H,5-6,9-10H2/t16-,17-,19+/m0/s1. The van der Waals surface area contributed by atoms with E-state index in [9.17, 15) is 10.2 Å². The molecule has 1 saturated carbocycles. The van der Waals surface area contributed by atoms with Gasteiger partial charge in [-0.15, -0.1) is 0 Å². The number of fused-ring (bicyclic) bond motifs is 2. The zero-order valence-corrected chi connectivity index (χ0v) is 12.9. The van der Waals surface area contributed by atoms with Crippen molar-refractivity contribution in [3.05, 3.63) is 60.0 Å². The molecule has 0 spiro atoms. The summed E-state index contributed by atoms with van der Waals surface area (Å²) < 4.78 is 5.88. The van der Waals surface area contributed by atoms with Crippen molar-refractivity contribution >= 4 is 5.69 Å². The lowest BCUT2D eigenvalue weighted by atomic mass is 9.87. The minimum atomic E-state index is -0.761. The Labute approximate surface area is 136 Å². The van der Waals surface area contributed by atoms with Crippen LogP contribution in [0.4, 0.5) is 5.69 Å². The van der Waals surface area contributed by atoms with Crippen LogP contribution in [0, 0.1) is 0 Å². The summed E-state index contributed by atoms with van der Waals surface area (Å²) in [6, 6.07) is 7.73. The Bertz CT molecular complexity index is 692. The van der Waals surface area contributed by atoms with Gasteiger partial charge in [0.25, 0.3) is 0 Å². The fraction of sp³-hybridized carbons (Fsp3) is 0.368. The van der Waals surface area contributed by atoms with E-state index < -0.39 is 12.2 Å². The normalized spacial score (nSPS) is 29.7. The van der Waals surface area contributed by atoms with E-state index in [1.54, 1.807) is 6.26 Å². The lowest BCUT2D eigenvalue weighted by Crippen LogP contribution is -2.51. The summed E-state index contributed by atoms with van der Waals surface area (Å²) in [6.07, 6.45) is 9.80. The van der Waals surface area contributed by atoms with Crippen LogP contribution in [0.2, 0.25) is 0 Å². The number of aliphatic hydroxyl groups is 2. The predicted molar refractivity (Wildman–Crippen MR) is 89.1 cm³/mol. The molecule has 3 atom stereocenters. The Morgan fingerprint density at radius 2 is 2.00 bits per heavy atom. The highest BCUT2D eigenvalue weighted by atomic mass is 16.5. The summed E-state index contributed by atoms with van der Waals surface area (Å²) in [6.45, 7) is 0. The summed E-state index contributed by atoms with van der Waals surface area (Å²) in [5.41, 5.74) is 3.09. The first kappa shape index (κ1) is 14.5. The SMILES string of the molecule is O[C@H]1[C@@H](O)CCC[C@@H]1N1C2=CC=CCC2=COc2ccccc21. The van der Waals surface area contributed by atoms with E-state index in [1.807, 2.05) is 30.3 Å². The zero-order chi connectivity index (χ0) is 15.8. The Morgan fingerprint density at radius 1 is 1.13 bits per heavy atom. The molecule has 2 aliphatic carbocycles. The first-order chi connectivity index (χ1) is 11.3. The molecular formula is C19H21NO3. The van der Waals surface area contributed by atoms with Gasteiger partial charge in [-0.3, -0.25) is 0 Å². The number of hydrogen-bond acceptors (Lipinski definition) is 4. The predicted octanol–water partition coefficient (Wildman–Crippen LogP) is 2.89. The van der Waals surface area contributed by atoms with Gasteiger partial charge in [-0.1, -0.05) is 24.3 Å². The summed E-state index contributed by atoms with van der Waals surface area (Å²) in [5, 5.41) is 20.7. The van der Waals surface area contributed by atoms with Crippen molar-refractivity contribution in [2.75, 3.05) is 4.90 Å². The summed E-state index contributed by atoms with van der Waals surface area (Å²) in [5.74, 6) is 0.780. The van der Waals surface area contributed by atoms with Crippen molar-refractivity contribution in [3.8, 4) is 5.75 Å². The first-order valence-corrected chi connectivity index (χ1v) is 8.23. The third-order valence-electron chi connectivity index (χ3n) is 4.89. The molecule has 2 N–H and O–H groups in total. The fourth-order valence-corrected chi connectivity index (χ4v) is 3.70. The topological polar surface area (TPSA) is 52.9 Å². The number of para-hydroxylation sites is 2. The largest absolute Gasteiger partial charge is 0.462 e. The molecule has 1 heterocycles. The quantitative estimate of drug-likeness (QED) is 0.837. The number of benzene rings is 1. The first-order valence-electron chi connectivity index (χ1n) is 8.23. The second-order valence-corrected chi connectivity index (χ2v) is 6.34. The summed E-state index contributed by atoms with van der Waals surface area (Å²) in [4.78, 5) is 2.16. The molecule has 120 valence electrons. The van der Waals surface area contributed by atoms with Crippen LogP contribution < -0.4 is 9.64 Å². The molecule has 0 saturated heterocycles. The highest BCUT2D eigenvalue weighted by molar-refractivity contribution is 5.68. The van der Waals surface area contributed by atoms with E-state index in [-0.39, 0.29) is 6.04 Å². The van der Waals surface area contributed by atoms with Crippen molar-refractivity contribution in [2.45, 2.75) is 43.9 Å². The molecule has 23 heavy (non-hydrogen) atoms. The minimum absolute atomic E-state index is 0.150. The Hall–Kier alpha value is -2.04. The number of aliphatic hydroxyl groups excluding tert-OH is 2. The molecular weight excluding hydrogens is 290 g/mol. The maximum Gasteiger partial charge on any atom is 0.150 e. The smallest absolute Gasteiger partial charge is 0.150 e. The maximum absolute atomic E-state index is 10.6. The Morgan fingerprint density at radius 3 is 2.91 bits per heavy atom. The molecule has 0 unspecified atom stereocenters. The van der Waals surface area contributed by atoms with Gasteiger partial charge >= 0.3 is 0 Å². The van der Waals surface area contributed by atoms with Gasteiger partial charge in [0.1, 0.15) is 11.9 Å². The highest BCUT2D eigenvalue weighted by Gasteiger charge is 2.38. The zero-order valence-electron chi connectivity index (χ0n) is 12.9. The fourth-order valence-electron chi connectivity index (χ4n) is 3.70. The molecule has 3 aliphatic rings. The van der Waals surface area contributed by atoms with E-state index in [1.165, 1.54) is 0 Å². The Balaban J connectivity index is 1.84. The van der Waals surface area contributed by atoms with Crippen molar-refractivity contribution < 1.29 is 14.9 Å². The third-order valence-corrected chi connectivity index (χ3v) is 4.89. The van der Waals surface area contributed by atoms with Crippen LogP contribution >= 0.6 is 0 Å². The van der Waals surface area contributed by atoms with Gasteiger partial charge in [0.15, 0.2) is 0 Å². The molecule has 1 aromatic rings. The van der Waals surface area contributed by atoms with E-state index in [2.05, 4.69) is 17.1 Å². The van der Waals surface area contributed by atoms with Crippen molar-refractivity contribution in [2.24, 2.45) is 0 Å². The van der Waals surface area contributed by atoms with Crippen LogP contribution in [0.5, 0.6) is 5.75 Å². The molecule has 0 radical (unpaired) electrons.